The van der Waals surface area contributed by atoms with Crippen LogP contribution in [0.5, 0.6) is 0 Å². The van der Waals surface area contributed by atoms with Gasteiger partial charge in [-0.3, -0.25) is 19.6 Å². The number of anilines is 3. The first kappa shape index (κ1) is 22.7. The Kier molecular flexibility index (Phi) is 5.28. The van der Waals surface area contributed by atoms with Crippen LogP contribution in [0.4, 0.5) is 17.3 Å². The van der Waals surface area contributed by atoms with E-state index in [-0.39, 0.29) is 18.0 Å². The molecule has 1 fully saturated rings. The molecule has 0 radical (unpaired) electrons. The van der Waals surface area contributed by atoms with E-state index in [1.807, 2.05) is 67.2 Å². The number of fused-ring (bicyclic) bond motifs is 5. The van der Waals surface area contributed by atoms with Gasteiger partial charge in [0.2, 0.25) is 5.96 Å². The molecule has 38 heavy (non-hydrogen) atoms. The molecule has 2 aromatic heterocycles. The Morgan fingerprint density at radius 2 is 1.79 bits per heavy atom. The first-order valence-corrected chi connectivity index (χ1v) is 13.2. The van der Waals surface area contributed by atoms with Gasteiger partial charge in [0.1, 0.15) is 11.4 Å². The number of para-hydroxylation sites is 1. The van der Waals surface area contributed by atoms with E-state index in [2.05, 4.69) is 39.5 Å². The number of carbonyl (C=O) groups is 1. The lowest BCUT2D eigenvalue weighted by Gasteiger charge is -2.34. The molecule has 7 rings (SSSR count). The van der Waals surface area contributed by atoms with Crippen LogP contribution in [-0.4, -0.2) is 50.7 Å². The van der Waals surface area contributed by atoms with Gasteiger partial charge in [-0.2, -0.15) is 5.10 Å². The Morgan fingerprint density at radius 1 is 0.974 bits per heavy atom. The van der Waals surface area contributed by atoms with Gasteiger partial charge in [0.15, 0.2) is 5.82 Å². The Morgan fingerprint density at radius 3 is 2.58 bits per heavy atom. The van der Waals surface area contributed by atoms with E-state index in [1.165, 1.54) is 0 Å². The zero-order valence-electron chi connectivity index (χ0n) is 21.5. The fourth-order valence-electron chi connectivity index (χ4n) is 5.86. The molecular weight excluding hydrogens is 474 g/mol. The summed E-state index contributed by atoms with van der Waals surface area (Å²) in [6.45, 7) is 2.52. The highest BCUT2D eigenvalue weighted by Gasteiger charge is 2.49. The van der Waals surface area contributed by atoms with Gasteiger partial charge in [-0.1, -0.05) is 48.5 Å². The lowest BCUT2D eigenvalue weighted by Crippen LogP contribution is -2.51. The molecule has 8 heteroatoms. The van der Waals surface area contributed by atoms with Crippen molar-refractivity contribution in [1.29, 1.82) is 0 Å². The van der Waals surface area contributed by atoms with E-state index < -0.39 is 0 Å². The number of guanidine groups is 1. The minimum absolute atomic E-state index is 0.0828. The fraction of sp³-hybridized carbons (Fsp3) is 0.267. The molecule has 4 heterocycles. The van der Waals surface area contributed by atoms with E-state index in [4.69, 9.17) is 10.1 Å². The minimum atomic E-state index is -0.0828. The molecule has 4 aromatic rings. The number of rotatable bonds is 5. The number of benzene rings is 2. The van der Waals surface area contributed by atoms with Crippen LogP contribution >= 0.6 is 0 Å². The van der Waals surface area contributed by atoms with Gasteiger partial charge >= 0.3 is 0 Å². The number of nitrogens with one attached hydrogen (secondary N) is 1. The van der Waals surface area contributed by atoms with Crippen molar-refractivity contribution in [2.75, 3.05) is 17.3 Å². The molecule has 0 spiro atoms. The van der Waals surface area contributed by atoms with Gasteiger partial charge in [-0.05, 0) is 56.0 Å². The number of aryl methyl sites for hydroxylation is 1. The smallest absolute Gasteiger partial charge is 0.267 e. The average molecular weight is 504 g/mol. The Labute approximate surface area is 221 Å². The average Bonchev–Trinajstić information content (AvgIpc) is 3.62. The molecule has 8 nitrogen and oxygen atoms in total. The standard InChI is InChI=1S/C30H29N7O/c1-19-8-6-11-23(31-19)21-16-14-20(15-17-21)18-36-27(32-22-9-4-3-5-10-22)26-28(34-36)37-25-13-7-12-24(25)33-30(37)35(2)29(26)38/h3-6,8-11,14-17,24-25,32H,7,12-13,18H2,1-2H3/t24-,25+/m1/s1. The zero-order valence-corrected chi connectivity index (χ0v) is 21.5. The monoisotopic (exact) mass is 503 g/mol. The lowest BCUT2D eigenvalue weighted by atomic mass is 10.1. The van der Waals surface area contributed by atoms with Crippen molar-refractivity contribution in [3.8, 4) is 11.3 Å². The summed E-state index contributed by atoms with van der Waals surface area (Å²) in [4.78, 5) is 27.2. The second kappa shape index (κ2) is 8.83. The van der Waals surface area contributed by atoms with Gasteiger partial charge < -0.3 is 5.32 Å². The molecule has 1 N–H and O–H groups in total. The molecule has 1 aliphatic carbocycles. The van der Waals surface area contributed by atoms with Crippen LogP contribution in [0.3, 0.4) is 0 Å². The predicted molar refractivity (Wildman–Crippen MR) is 149 cm³/mol. The SMILES string of the molecule is Cc1cccc(-c2ccc(Cn3nc4c(c3Nc3ccccc3)C(=O)N(C)C3=N[C@@H]5CCC[C@@H]5N34)cc2)n1. The van der Waals surface area contributed by atoms with Crippen LogP contribution in [0.1, 0.15) is 40.9 Å². The Hall–Kier alpha value is -4.46. The van der Waals surface area contributed by atoms with Crippen LogP contribution in [0, 0.1) is 6.92 Å². The number of aromatic nitrogens is 3. The van der Waals surface area contributed by atoms with Crippen LogP contribution in [-0.2, 0) is 6.54 Å². The molecule has 190 valence electrons. The number of aliphatic imine (C=N–C) groups is 1. The van der Waals surface area contributed by atoms with Crippen LogP contribution in [0.25, 0.3) is 11.3 Å². The Bertz CT molecular complexity index is 1560. The van der Waals surface area contributed by atoms with E-state index in [0.29, 0.717) is 23.7 Å². The highest BCUT2D eigenvalue weighted by atomic mass is 16.2. The van der Waals surface area contributed by atoms with E-state index >= 15 is 0 Å². The van der Waals surface area contributed by atoms with Gasteiger partial charge in [-0.25, -0.2) is 9.67 Å². The van der Waals surface area contributed by atoms with E-state index in [0.717, 1.165) is 53.4 Å². The number of hydrogen-bond acceptors (Lipinski definition) is 6. The number of amides is 1. The molecule has 0 saturated heterocycles. The van der Waals surface area contributed by atoms with Crippen molar-refractivity contribution in [2.24, 2.45) is 4.99 Å². The van der Waals surface area contributed by atoms with Crippen LogP contribution in [0.15, 0.2) is 77.8 Å². The molecule has 2 atom stereocenters. The maximum absolute atomic E-state index is 13.7. The summed E-state index contributed by atoms with van der Waals surface area (Å²) >= 11 is 0. The Balaban J connectivity index is 1.29. The third kappa shape index (κ3) is 3.67. The molecule has 2 aliphatic heterocycles. The van der Waals surface area contributed by atoms with Gasteiger partial charge in [0.05, 0.1) is 24.3 Å². The van der Waals surface area contributed by atoms with Crippen molar-refractivity contribution in [3.63, 3.8) is 0 Å². The zero-order chi connectivity index (χ0) is 25.8. The molecular formula is C30H29N7O. The van der Waals surface area contributed by atoms with Crippen molar-refractivity contribution in [2.45, 2.75) is 44.8 Å². The van der Waals surface area contributed by atoms with Crippen molar-refractivity contribution in [3.05, 3.63) is 89.6 Å². The summed E-state index contributed by atoms with van der Waals surface area (Å²) in [5, 5.41) is 8.57. The van der Waals surface area contributed by atoms with Crippen LogP contribution < -0.4 is 10.2 Å². The number of pyridine rings is 1. The third-order valence-electron chi connectivity index (χ3n) is 7.76. The minimum Gasteiger partial charge on any atom is -0.340 e. The summed E-state index contributed by atoms with van der Waals surface area (Å²) in [5.41, 5.74) is 5.62. The van der Waals surface area contributed by atoms with Gasteiger partial charge in [0, 0.05) is 24.0 Å². The molecule has 1 amide bonds. The number of carbonyl (C=O) groups excluding carboxylic acids is 1. The third-order valence-corrected chi connectivity index (χ3v) is 7.76. The topological polar surface area (TPSA) is 78.7 Å². The molecule has 0 unspecified atom stereocenters. The van der Waals surface area contributed by atoms with Crippen LogP contribution in [0.2, 0.25) is 0 Å². The number of nitrogens with zero attached hydrogens (tertiary/aromatic N) is 6. The second-order valence-corrected chi connectivity index (χ2v) is 10.3. The van der Waals surface area contributed by atoms with Crippen molar-refractivity contribution >= 4 is 29.2 Å². The first-order chi connectivity index (χ1) is 18.6. The molecule has 3 aliphatic rings. The summed E-state index contributed by atoms with van der Waals surface area (Å²) in [6.07, 6.45) is 3.26. The summed E-state index contributed by atoms with van der Waals surface area (Å²) in [5.74, 6) is 2.05. The quantitative estimate of drug-likeness (QED) is 0.404. The maximum Gasteiger partial charge on any atom is 0.267 e. The first-order valence-electron chi connectivity index (χ1n) is 13.2. The molecule has 1 saturated carbocycles. The van der Waals surface area contributed by atoms with Crippen molar-refractivity contribution < 1.29 is 4.79 Å². The maximum atomic E-state index is 13.7. The molecule has 0 bridgehead atoms. The molecule has 2 aromatic carbocycles. The fourth-order valence-corrected chi connectivity index (χ4v) is 5.86. The number of hydrogen-bond donors (Lipinski definition) is 1. The normalized spacial score (nSPS) is 19.7. The summed E-state index contributed by atoms with van der Waals surface area (Å²) in [7, 11) is 1.82. The van der Waals surface area contributed by atoms with E-state index in [9.17, 15) is 4.79 Å². The summed E-state index contributed by atoms with van der Waals surface area (Å²) in [6, 6.07) is 24.9. The largest absolute Gasteiger partial charge is 0.340 e. The van der Waals surface area contributed by atoms with Gasteiger partial charge in [-0.15, -0.1) is 0 Å². The predicted octanol–water partition coefficient (Wildman–Crippen LogP) is 5.23. The second-order valence-electron chi connectivity index (χ2n) is 10.3. The highest BCUT2D eigenvalue weighted by molar-refractivity contribution is 6.21. The lowest BCUT2D eigenvalue weighted by molar-refractivity contribution is 0.0866. The highest BCUT2D eigenvalue weighted by Crippen LogP contribution is 2.43. The van der Waals surface area contributed by atoms with Crippen molar-refractivity contribution in [1.82, 2.24) is 19.7 Å². The summed E-state index contributed by atoms with van der Waals surface area (Å²) < 4.78 is 1.93. The van der Waals surface area contributed by atoms with E-state index in [1.54, 1.807) is 4.90 Å². The van der Waals surface area contributed by atoms with Gasteiger partial charge in [0.25, 0.3) is 5.91 Å².